The van der Waals surface area contributed by atoms with Gasteiger partial charge >= 0.3 is 12.0 Å². The highest BCUT2D eigenvalue weighted by molar-refractivity contribution is 5.65. The molecule has 0 saturated carbocycles. The zero-order valence-electron chi connectivity index (χ0n) is 10.8. The van der Waals surface area contributed by atoms with E-state index in [1.54, 1.807) is 12.1 Å². The first-order valence-corrected chi connectivity index (χ1v) is 5.34. The third-order valence-electron chi connectivity index (χ3n) is 2.36. The van der Waals surface area contributed by atoms with Crippen LogP contribution in [0.25, 0.3) is 0 Å². The first kappa shape index (κ1) is 12.8. The lowest BCUT2D eigenvalue weighted by Crippen LogP contribution is -1.98. The van der Waals surface area contributed by atoms with Crippen LogP contribution in [0.2, 0.25) is 0 Å². The van der Waals surface area contributed by atoms with Crippen molar-refractivity contribution < 1.29 is 18.6 Å². The summed E-state index contributed by atoms with van der Waals surface area (Å²) in [7, 11) is 4.60. The van der Waals surface area contributed by atoms with Gasteiger partial charge in [0.2, 0.25) is 5.75 Å². The quantitative estimate of drug-likeness (QED) is 0.837. The molecule has 2 aromatic rings. The molecule has 3 N–H and O–H groups in total. The van der Waals surface area contributed by atoms with Crippen LogP contribution in [-0.2, 0) is 0 Å². The number of nitrogens with zero attached hydrogens (tertiary/aromatic N) is 2. The van der Waals surface area contributed by atoms with Gasteiger partial charge < -0.3 is 29.7 Å². The van der Waals surface area contributed by atoms with Gasteiger partial charge in [-0.2, -0.15) is 0 Å². The van der Waals surface area contributed by atoms with E-state index < -0.39 is 0 Å². The Bertz CT molecular complexity index is 545. The van der Waals surface area contributed by atoms with Gasteiger partial charge in [0, 0.05) is 12.1 Å². The number of nitrogens with two attached hydrogens (primary N) is 1. The van der Waals surface area contributed by atoms with Gasteiger partial charge in [-0.15, -0.1) is 0 Å². The number of methoxy groups -OCH3 is 3. The van der Waals surface area contributed by atoms with Crippen molar-refractivity contribution in [3.8, 4) is 17.2 Å². The highest BCUT2D eigenvalue weighted by atomic mass is 16.5. The molecule has 0 unspecified atom stereocenters. The highest BCUT2D eigenvalue weighted by Crippen LogP contribution is 2.40. The molecular weight excluding hydrogens is 252 g/mol. The van der Waals surface area contributed by atoms with Crippen molar-refractivity contribution in [1.29, 1.82) is 0 Å². The maximum absolute atomic E-state index is 5.34. The van der Waals surface area contributed by atoms with Gasteiger partial charge in [0.05, 0.1) is 27.0 Å². The summed E-state index contributed by atoms with van der Waals surface area (Å²) in [6.45, 7) is 0. The molecular formula is C11H14N4O4. The molecule has 0 radical (unpaired) electrons. The summed E-state index contributed by atoms with van der Waals surface area (Å²) < 4.78 is 20.7. The zero-order valence-corrected chi connectivity index (χ0v) is 10.8. The summed E-state index contributed by atoms with van der Waals surface area (Å²) in [5, 5.41) is 10.1. The first-order valence-electron chi connectivity index (χ1n) is 5.34. The largest absolute Gasteiger partial charge is 0.493 e. The van der Waals surface area contributed by atoms with Gasteiger partial charge in [-0.25, -0.2) is 0 Å². The number of benzene rings is 1. The van der Waals surface area contributed by atoms with Crippen LogP contribution >= 0.6 is 0 Å². The van der Waals surface area contributed by atoms with Crippen LogP contribution in [-0.4, -0.2) is 31.5 Å². The average molecular weight is 266 g/mol. The van der Waals surface area contributed by atoms with Gasteiger partial charge in [0.25, 0.3) is 0 Å². The SMILES string of the molecule is COc1cc(Nc2nnc(N)o2)cc(OC)c1OC. The number of aromatic nitrogens is 2. The van der Waals surface area contributed by atoms with E-state index in [1.807, 2.05) is 0 Å². The number of hydrogen-bond donors (Lipinski definition) is 2. The van der Waals surface area contributed by atoms with Crippen LogP contribution < -0.4 is 25.3 Å². The fraction of sp³-hybridized carbons (Fsp3) is 0.273. The monoisotopic (exact) mass is 266 g/mol. The molecule has 8 nitrogen and oxygen atoms in total. The Hall–Kier alpha value is -2.64. The van der Waals surface area contributed by atoms with E-state index in [2.05, 4.69) is 15.5 Å². The van der Waals surface area contributed by atoms with Crippen LogP contribution in [0.3, 0.4) is 0 Å². The summed E-state index contributed by atoms with van der Waals surface area (Å²) in [6, 6.07) is 3.57. The Kier molecular flexibility index (Phi) is 3.60. The molecule has 0 aliphatic carbocycles. The summed E-state index contributed by atoms with van der Waals surface area (Å²) >= 11 is 0. The molecule has 2 rings (SSSR count). The minimum absolute atomic E-state index is 0.0186. The van der Waals surface area contributed by atoms with Gasteiger partial charge in [0.15, 0.2) is 11.5 Å². The molecule has 8 heteroatoms. The van der Waals surface area contributed by atoms with E-state index in [-0.39, 0.29) is 12.0 Å². The van der Waals surface area contributed by atoms with E-state index in [9.17, 15) is 0 Å². The Morgan fingerprint density at radius 3 is 2.11 bits per heavy atom. The number of hydrogen-bond acceptors (Lipinski definition) is 8. The van der Waals surface area contributed by atoms with Crippen molar-refractivity contribution in [1.82, 2.24) is 10.2 Å². The minimum atomic E-state index is -0.0186. The molecule has 0 bridgehead atoms. The summed E-state index contributed by atoms with van der Waals surface area (Å²) in [6.07, 6.45) is 0. The maximum Gasteiger partial charge on any atom is 0.321 e. The lowest BCUT2D eigenvalue weighted by Gasteiger charge is -2.13. The van der Waals surface area contributed by atoms with Crippen molar-refractivity contribution in [2.75, 3.05) is 32.4 Å². The number of ether oxygens (including phenoxy) is 3. The molecule has 1 aromatic heterocycles. The van der Waals surface area contributed by atoms with Gasteiger partial charge in [-0.05, 0) is 0 Å². The Balaban J connectivity index is 2.35. The third kappa shape index (κ3) is 2.62. The molecule has 1 heterocycles. The summed E-state index contributed by atoms with van der Waals surface area (Å²) in [5.74, 6) is 1.52. The highest BCUT2D eigenvalue weighted by Gasteiger charge is 2.14. The fourth-order valence-corrected chi connectivity index (χ4v) is 1.56. The molecule has 0 fully saturated rings. The molecule has 102 valence electrons. The second-order valence-corrected chi connectivity index (χ2v) is 3.48. The number of nitrogen functional groups attached to an aromatic ring is 1. The second-order valence-electron chi connectivity index (χ2n) is 3.48. The topological polar surface area (TPSA) is 105 Å². The standard InChI is InChI=1S/C11H14N4O4/c1-16-7-4-6(5-8(17-2)9(7)18-3)13-11-15-14-10(12)19-11/h4-5H,1-3H3,(H2,12,14)(H,13,15). The van der Waals surface area contributed by atoms with Crippen LogP contribution in [0.15, 0.2) is 16.5 Å². The number of anilines is 3. The van der Waals surface area contributed by atoms with Crippen molar-refractivity contribution in [2.45, 2.75) is 0 Å². The van der Waals surface area contributed by atoms with E-state index in [0.717, 1.165) is 0 Å². The van der Waals surface area contributed by atoms with E-state index in [1.165, 1.54) is 21.3 Å². The molecule has 0 saturated heterocycles. The smallest absolute Gasteiger partial charge is 0.321 e. The van der Waals surface area contributed by atoms with Crippen molar-refractivity contribution in [3.05, 3.63) is 12.1 Å². The molecule has 0 amide bonds. The predicted molar refractivity (Wildman–Crippen MR) is 68.1 cm³/mol. The Labute approximate surface area is 109 Å². The summed E-state index contributed by atoms with van der Waals surface area (Å²) in [5.41, 5.74) is 5.98. The van der Waals surface area contributed by atoms with E-state index in [4.69, 9.17) is 24.4 Å². The van der Waals surface area contributed by atoms with E-state index >= 15 is 0 Å². The summed E-state index contributed by atoms with van der Waals surface area (Å²) in [4.78, 5) is 0. The van der Waals surface area contributed by atoms with Crippen LogP contribution in [0, 0.1) is 0 Å². The van der Waals surface area contributed by atoms with Gasteiger partial charge in [-0.1, -0.05) is 10.2 Å². The van der Waals surface area contributed by atoms with Crippen molar-refractivity contribution in [2.24, 2.45) is 0 Å². The Morgan fingerprint density at radius 2 is 1.68 bits per heavy atom. The lowest BCUT2D eigenvalue weighted by molar-refractivity contribution is 0.324. The predicted octanol–water partition coefficient (Wildman–Crippen LogP) is 1.42. The van der Waals surface area contributed by atoms with Crippen molar-refractivity contribution in [3.63, 3.8) is 0 Å². The van der Waals surface area contributed by atoms with Crippen LogP contribution in [0.5, 0.6) is 17.2 Å². The molecule has 19 heavy (non-hydrogen) atoms. The maximum atomic E-state index is 5.34. The lowest BCUT2D eigenvalue weighted by atomic mass is 10.2. The molecule has 0 atom stereocenters. The van der Waals surface area contributed by atoms with Gasteiger partial charge in [-0.3, -0.25) is 0 Å². The van der Waals surface area contributed by atoms with Crippen molar-refractivity contribution >= 4 is 17.7 Å². The van der Waals surface area contributed by atoms with Crippen LogP contribution in [0.1, 0.15) is 0 Å². The first-order chi connectivity index (χ1) is 9.17. The number of nitrogens with one attached hydrogen (secondary N) is 1. The molecule has 0 spiro atoms. The fourth-order valence-electron chi connectivity index (χ4n) is 1.56. The molecule has 1 aromatic carbocycles. The van der Waals surface area contributed by atoms with Gasteiger partial charge in [0.1, 0.15) is 0 Å². The average Bonchev–Trinajstić information content (AvgIpc) is 2.82. The van der Waals surface area contributed by atoms with Crippen LogP contribution in [0.4, 0.5) is 17.7 Å². The minimum Gasteiger partial charge on any atom is -0.493 e. The molecule has 0 aliphatic heterocycles. The zero-order chi connectivity index (χ0) is 13.8. The number of rotatable bonds is 5. The third-order valence-corrected chi connectivity index (χ3v) is 2.36. The van der Waals surface area contributed by atoms with E-state index in [0.29, 0.717) is 22.9 Å². The normalized spacial score (nSPS) is 10.1. The molecule has 0 aliphatic rings. The second kappa shape index (κ2) is 5.34. The Morgan fingerprint density at radius 1 is 1.05 bits per heavy atom.